The van der Waals surface area contributed by atoms with Crippen LogP contribution in [0.3, 0.4) is 0 Å². The number of rotatable bonds is 15. The Hall–Kier alpha value is -5.26. The van der Waals surface area contributed by atoms with Gasteiger partial charge >= 0.3 is 0 Å². The molecule has 0 radical (unpaired) electrons. The molecule has 3 aliphatic rings. The van der Waals surface area contributed by atoms with Gasteiger partial charge in [0.2, 0.25) is 27.8 Å². The molecular formula is C47H58FN9O5S2. The van der Waals surface area contributed by atoms with E-state index in [-0.39, 0.29) is 46.3 Å². The average Bonchev–Trinajstić information content (AvgIpc) is 3.91. The van der Waals surface area contributed by atoms with Crippen LogP contribution in [-0.4, -0.2) is 81.4 Å². The van der Waals surface area contributed by atoms with Gasteiger partial charge in [-0.1, -0.05) is 45.9 Å². The maximum Gasteiger partial charge on any atom is 0.234 e. The summed E-state index contributed by atoms with van der Waals surface area (Å²) in [7, 11) is -3.71. The third kappa shape index (κ3) is 11.2. The van der Waals surface area contributed by atoms with Crippen molar-refractivity contribution in [3.63, 3.8) is 0 Å². The number of benzene rings is 2. The fourth-order valence-electron chi connectivity index (χ4n) is 8.88. The Bertz CT molecular complexity index is 2540. The highest BCUT2D eigenvalue weighted by atomic mass is 32.2. The second-order valence-corrected chi connectivity index (χ2v) is 21.3. The highest BCUT2D eigenvalue weighted by molar-refractivity contribution is 7.92. The number of nitrogens with zero attached hydrogens (tertiary/aromatic N) is 6. The van der Waals surface area contributed by atoms with Crippen LogP contribution in [0.15, 0.2) is 67.1 Å². The van der Waals surface area contributed by atoms with E-state index in [1.54, 1.807) is 37.5 Å². The maximum atomic E-state index is 16.1. The first kappa shape index (κ1) is 45.3. The lowest BCUT2D eigenvalue weighted by molar-refractivity contribution is -0.134. The van der Waals surface area contributed by atoms with Gasteiger partial charge < -0.3 is 15.0 Å². The molecule has 5 aromatic rings. The minimum Gasteiger partial charge on any atom is -0.490 e. The molecule has 2 aromatic carbocycles. The van der Waals surface area contributed by atoms with Gasteiger partial charge in [0.05, 0.1) is 56.6 Å². The highest BCUT2D eigenvalue weighted by Gasteiger charge is 2.30. The number of anilines is 3. The second-order valence-electron chi connectivity index (χ2n) is 18.5. The second kappa shape index (κ2) is 19.5. The Morgan fingerprint density at radius 3 is 2.41 bits per heavy atom. The van der Waals surface area contributed by atoms with E-state index in [4.69, 9.17) is 14.7 Å². The van der Waals surface area contributed by atoms with Gasteiger partial charge in [-0.25, -0.2) is 27.8 Å². The molecule has 0 spiro atoms. The van der Waals surface area contributed by atoms with Crippen molar-refractivity contribution >= 4 is 50.5 Å². The number of imide groups is 1. The van der Waals surface area contributed by atoms with Gasteiger partial charge in [0.1, 0.15) is 5.75 Å². The summed E-state index contributed by atoms with van der Waals surface area (Å²) in [6, 6.07) is 14.2. The third-order valence-electron chi connectivity index (χ3n) is 12.3. The first-order valence-electron chi connectivity index (χ1n) is 22.5. The smallest absolute Gasteiger partial charge is 0.234 e. The molecule has 1 atom stereocenters. The summed E-state index contributed by atoms with van der Waals surface area (Å²) in [5.74, 6) is 0.880. The van der Waals surface area contributed by atoms with E-state index in [1.165, 1.54) is 17.4 Å². The number of carbonyl (C=O) groups is 2. The number of halogens is 1. The van der Waals surface area contributed by atoms with Gasteiger partial charge in [-0.2, -0.15) is 5.10 Å². The summed E-state index contributed by atoms with van der Waals surface area (Å²) in [6.45, 7) is 12.0. The molecule has 2 saturated heterocycles. The van der Waals surface area contributed by atoms with Crippen molar-refractivity contribution in [1.82, 2.24) is 34.9 Å². The highest BCUT2D eigenvalue weighted by Crippen LogP contribution is 2.42. The van der Waals surface area contributed by atoms with Crippen molar-refractivity contribution < 1.29 is 27.1 Å². The van der Waals surface area contributed by atoms with E-state index in [0.29, 0.717) is 53.3 Å². The van der Waals surface area contributed by atoms with E-state index in [9.17, 15) is 18.0 Å². The molecule has 8 rings (SSSR count). The van der Waals surface area contributed by atoms with E-state index in [2.05, 4.69) is 30.3 Å². The Morgan fingerprint density at radius 2 is 1.69 bits per heavy atom. The standard InChI is InChI=1S/C47H58FN9O5S2/c1-5-25-64(60,61)55-38-8-6-7-37(41(38)48)42-43(63-45(54-42)47(2,3)4)39-19-22-49-46(52-39)51-33-26-50-57(29-33)28-31-20-23-56(24-21-31)27-30-9-13-34(14-10-30)62-35-15-11-32(12-16-35)36-17-18-40(58)53-44(36)59/h6-8,11-12,15-16,19,22,26,29-31,34,36,55H,5,9-10,13-14,17-18,20-21,23-25,27-28H2,1-4H3,(H,49,51,52)(H,53,58,59). The number of likely N-dealkylation sites (tertiary alicyclic amines) is 1. The summed E-state index contributed by atoms with van der Waals surface area (Å²) in [5, 5.41) is 11.2. The molecule has 2 aliphatic heterocycles. The Kier molecular flexibility index (Phi) is 13.8. The number of amides is 2. The van der Waals surface area contributed by atoms with E-state index in [0.717, 1.165) is 86.7 Å². The van der Waals surface area contributed by atoms with E-state index >= 15 is 4.39 Å². The fraction of sp³-hybridized carbons (Fsp3) is 0.489. The topological polar surface area (TPSA) is 173 Å². The van der Waals surface area contributed by atoms with Crippen LogP contribution in [0.5, 0.6) is 5.75 Å². The Labute approximate surface area is 378 Å². The molecule has 3 N–H and O–H groups in total. The first-order chi connectivity index (χ1) is 30.7. The summed E-state index contributed by atoms with van der Waals surface area (Å²) < 4.78 is 51.9. The maximum absolute atomic E-state index is 16.1. The quantitative estimate of drug-likeness (QED) is 0.0858. The molecule has 14 nitrogen and oxygen atoms in total. The number of aromatic nitrogens is 5. The molecule has 340 valence electrons. The number of nitrogens with one attached hydrogen (secondary N) is 3. The van der Waals surface area contributed by atoms with Crippen LogP contribution in [0.1, 0.15) is 102 Å². The van der Waals surface area contributed by atoms with Crippen molar-refractivity contribution in [3.8, 4) is 27.6 Å². The number of sulfonamides is 1. The monoisotopic (exact) mass is 911 g/mol. The van der Waals surface area contributed by atoms with Crippen LogP contribution in [0, 0.1) is 17.7 Å². The largest absolute Gasteiger partial charge is 0.490 e. The average molecular weight is 912 g/mol. The van der Waals surface area contributed by atoms with Crippen LogP contribution in [0.25, 0.3) is 21.8 Å². The molecule has 1 saturated carbocycles. The predicted molar refractivity (Wildman–Crippen MR) is 248 cm³/mol. The van der Waals surface area contributed by atoms with Gasteiger partial charge in [-0.3, -0.25) is 24.3 Å². The lowest BCUT2D eigenvalue weighted by Gasteiger charge is -2.36. The Morgan fingerprint density at radius 1 is 0.938 bits per heavy atom. The fourth-order valence-corrected chi connectivity index (χ4v) is 11.1. The zero-order valence-corrected chi connectivity index (χ0v) is 38.6. The molecule has 5 heterocycles. The van der Waals surface area contributed by atoms with Crippen molar-refractivity contribution in [2.75, 3.05) is 35.4 Å². The van der Waals surface area contributed by atoms with Crippen molar-refractivity contribution in [1.29, 1.82) is 0 Å². The number of piperidine rings is 2. The van der Waals surface area contributed by atoms with Gasteiger partial charge in [0.25, 0.3) is 0 Å². The number of ether oxygens (including phenoxy) is 1. The molecule has 3 aromatic heterocycles. The van der Waals surface area contributed by atoms with Crippen LogP contribution < -0.4 is 20.1 Å². The molecule has 3 fully saturated rings. The zero-order chi connectivity index (χ0) is 45.0. The van der Waals surface area contributed by atoms with Crippen molar-refractivity contribution in [3.05, 3.63) is 83.5 Å². The lowest BCUT2D eigenvalue weighted by Crippen LogP contribution is -2.39. The first-order valence-corrected chi connectivity index (χ1v) is 24.9. The van der Waals surface area contributed by atoms with Crippen LogP contribution in [-0.2, 0) is 31.6 Å². The van der Waals surface area contributed by atoms with Gasteiger partial charge in [-0.15, -0.1) is 11.3 Å². The van der Waals surface area contributed by atoms with Gasteiger partial charge in [-0.05, 0) is 112 Å². The predicted octanol–water partition coefficient (Wildman–Crippen LogP) is 8.67. The molecule has 0 bridgehead atoms. The van der Waals surface area contributed by atoms with Crippen molar-refractivity contribution in [2.45, 2.75) is 109 Å². The van der Waals surface area contributed by atoms with Crippen LogP contribution in [0.4, 0.5) is 21.7 Å². The van der Waals surface area contributed by atoms with Crippen molar-refractivity contribution in [2.24, 2.45) is 11.8 Å². The SMILES string of the molecule is CCCS(=O)(=O)Nc1cccc(-c2nc(C(C)(C)C)sc2-c2ccnc(Nc3cnn(CC4CCN(CC5CCC(Oc6ccc(C7CCC(=O)NC7=O)cc6)CC5)CC4)c3)n2)c1F. The summed E-state index contributed by atoms with van der Waals surface area (Å²) >= 11 is 1.43. The third-order valence-corrected chi connectivity index (χ3v) is 15.3. The summed E-state index contributed by atoms with van der Waals surface area (Å²) in [5.41, 5.74) is 2.37. The van der Waals surface area contributed by atoms with E-state index in [1.807, 2.05) is 55.9 Å². The molecule has 1 aliphatic carbocycles. The van der Waals surface area contributed by atoms with Crippen LogP contribution >= 0.6 is 11.3 Å². The molecule has 17 heteroatoms. The minimum atomic E-state index is -3.71. The summed E-state index contributed by atoms with van der Waals surface area (Å²) in [6.07, 6.45) is 13.5. The number of hydrogen-bond acceptors (Lipinski definition) is 12. The molecule has 64 heavy (non-hydrogen) atoms. The number of hydrogen-bond donors (Lipinski definition) is 3. The summed E-state index contributed by atoms with van der Waals surface area (Å²) in [4.78, 5) is 41.2. The molecule has 1 unspecified atom stereocenters. The van der Waals surface area contributed by atoms with Gasteiger partial charge in [0.15, 0.2) is 5.82 Å². The Balaban J connectivity index is 0.820. The number of thiazole rings is 1. The van der Waals surface area contributed by atoms with Crippen LogP contribution in [0.2, 0.25) is 0 Å². The molecule has 2 amide bonds. The zero-order valence-electron chi connectivity index (χ0n) is 37.0. The van der Waals surface area contributed by atoms with E-state index < -0.39 is 15.8 Å². The van der Waals surface area contributed by atoms with Gasteiger partial charge in [0, 0.05) is 42.9 Å². The number of carbonyl (C=O) groups excluding carboxylic acids is 2. The minimum absolute atomic E-state index is 0.111. The lowest BCUT2D eigenvalue weighted by atomic mass is 9.86. The normalized spacial score (nSPS) is 20.2. The molecular weight excluding hydrogens is 854 g/mol.